The van der Waals surface area contributed by atoms with Crippen LogP contribution in [0.1, 0.15) is 49.6 Å². The van der Waals surface area contributed by atoms with Gasteiger partial charge in [0.15, 0.2) is 5.13 Å². The molecule has 118 valence electrons. The number of anilines is 1. The lowest BCUT2D eigenvalue weighted by molar-refractivity contribution is 0.181. The van der Waals surface area contributed by atoms with Crippen LogP contribution in [0.5, 0.6) is 0 Å². The molecule has 0 radical (unpaired) electrons. The predicted octanol–water partition coefficient (Wildman–Crippen LogP) is 3.17. The highest BCUT2D eigenvalue weighted by Crippen LogP contribution is 2.30. The third kappa shape index (κ3) is 4.18. The van der Waals surface area contributed by atoms with Gasteiger partial charge in [-0.25, -0.2) is 4.98 Å². The minimum atomic E-state index is 0.627. The molecule has 2 aliphatic rings. The number of methoxy groups -OCH3 is 1. The maximum absolute atomic E-state index is 5.33. The van der Waals surface area contributed by atoms with Gasteiger partial charge in [0.25, 0.3) is 0 Å². The quantitative estimate of drug-likeness (QED) is 0.876. The van der Waals surface area contributed by atoms with Crippen LogP contribution in [-0.2, 0) is 17.9 Å². The maximum Gasteiger partial charge on any atom is 0.185 e. The number of hydrogen-bond acceptors (Lipinski definition) is 5. The van der Waals surface area contributed by atoms with Crippen LogP contribution < -0.4 is 10.2 Å². The van der Waals surface area contributed by atoms with E-state index in [9.17, 15) is 0 Å². The first-order valence-corrected chi connectivity index (χ1v) is 9.03. The molecule has 0 bridgehead atoms. The summed E-state index contributed by atoms with van der Waals surface area (Å²) in [6.07, 6.45) is 6.58. The summed E-state index contributed by atoms with van der Waals surface area (Å²) in [4.78, 5) is 8.71. The first-order valence-electron chi connectivity index (χ1n) is 8.22. The van der Waals surface area contributed by atoms with Gasteiger partial charge >= 0.3 is 0 Å². The van der Waals surface area contributed by atoms with E-state index in [0.29, 0.717) is 6.61 Å². The molecule has 1 atom stereocenters. The highest BCUT2D eigenvalue weighted by Gasteiger charge is 2.23. The Kier molecular flexibility index (Phi) is 5.14. The van der Waals surface area contributed by atoms with Crippen molar-refractivity contribution in [1.82, 2.24) is 10.3 Å². The van der Waals surface area contributed by atoms with Crippen molar-refractivity contribution in [3.63, 3.8) is 0 Å². The van der Waals surface area contributed by atoms with E-state index in [1.54, 1.807) is 7.11 Å². The number of thiazole rings is 1. The lowest BCUT2D eigenvalue weighted by Gasteiger charge is -2.18. The molecule has 5 heteroatoms. The van der Waals surface area contributed by atoms with Gasteiger partial charge in [-0.3, -0.25) is 0 Å². The van der Waals surface area contributed by atoms with Gasteiger partial charge in [-0.05, 0) is 38.0 Å². The Bertz CT molecular complexity index is 458. The summed E-state index contributed by atoms with van der Waals surface area (Å²) >= 11 is 1.86. The van der Waals surface area contributed by atoms with E-state index in [0.717, 1.165) is 37.3 Å². The fourth-order valence-corrected chi connectivity index (χ4v) is 3.94. The van der Waals surface area contributed by atoms with Gasteiger partial charge in [0.1, 0.15) is 0 Å². The van der Waals surface area contributed by atoms with Gasteiger partial charge in [-0.15, -0.1) is 11.3 Å². The van der Waals surface area contributed by atoms with Gasteiger partial charge in [-0.1, -0.05) is 6.92 Å². The Labute approximate surface area is 131 Å². The van der Waals surface area contributed by atoms with Crippen molar-refractivity contribution in [3.05, 3.63) is 10.6 Å². The smallest absolute Gasteiger partial charge is 0.185 e. The van der Waals surface area contributed by atoms with E-state index >= 15 is 0 Å². The number of hydrogen-bond donors (Lipinski definition) is 1. The SMILES string of the molecule is COCc1nc(N2CCCC(C)CC2)sc1CNC1CC1. The second-order valence-corrected chi connectivity index (χ2v) is 7.54. The molecule has 1 unspecified atom stereocenters. The molecular formula is C16H27N3OS. The highest BCUT2D eigenvalue weighted by molar-refractivity contribution is 7.15. The first-order chi connectivity index (χ1) is 10.3. The normalized spacial score (nSPS) is 23.3. The van der Waals surface area contributed by atoms with Gasteiger partial charge in [-0.2, -0.15) is 0 Å². The van der Waals surface area contributed by atoms with Crippen LogP contribution in [0.3, 0.4) is 0 Å². The minimum absolute atomic E-state index is 0.627. The predicted molar refractivity (Wildman–Crippen MR) is 87.9 cm³/mol. The Morgan fingerprint density at radius 1 is 1.29 bits per heavy atom. The molecular weight excluding hydrogens is 282 g/mol. The molecule has 21 heavy (non-hydrogen) atoms. The zero-order valence-corrected chi connectivity index (χ0v) is 14.0. The van der Waals surface area contributed by atoms with Crippen molar-refractivity contribution in [2.45, 2.75) is 58.2 Å². The van der Waals surface area contributed by atoms with E-state index in [-0.39, 0.29) is 0 Å². The van der Waals surface area contributed by atoms with Crippen molar-refractivity contribution in [2.24, 2.45) is 5.92 Å². The molecule has 0 aromatic carbocycles. The molecule has 3 rings (SSSR count). The monoisotopic (exact) mass is 309 g/mol. The molecule has 1 aliphatic carbocycles. The molecule has 2 heterocycles. The molecule has 1 saturated heterocycles. The van der Waals surface area contributed by atoms with Gasteiger partial charge in [0.2, 0.25) is 0 Å². The molecule has 4 nitrogen and oxygen atoms in total. The molecule has 2 fully saturated rings. The standard InChI is InChI=1S/C16H27N3OS/c1-12-4-3-8-19(9-7-12)16-18-14(11-20-2)15(21-16)10-17-13-5-6-13/h12-13,17H,3-11H2,1-2H3. The van der Waals surface area contributed by atoms with Crippen molar-refractivity contribution in [1.29, 1.82) is 0 Å². The van der Waals surface area contributed by atoms with E-state index in [4.69, 9.17) is 9.72 Å². The third-order valence-corrected chi connectivity index (χ3v) is 5.62. The average Bonchev–Trinajstić information content (AvgIpc) is 3.25. The van der Waals surface area contributed by atoms with E-state index in [1.165, 1.54) is 42.1 Å². The summed E-state index contributed by atoms with van der Waals surface area (Å²) in [7, 11) is 1.75. The summed E-state index contributed by atoms with van der Waals surface area (Å²) in [5, 5.41) is 4.80. The second-order valence-electron chi connectivity index (χ2n) is 6.48. The van der Waals surface area contributed by atoms with Gasteiger partial charge in [0, 0.05) is 37.7 Å². The lowest BCUT2D eigenvalue weighted by atomic mass is 10.0. The number of rotatable bonds is 6. The van der Waals surface area contributed by atoms with Crippen molar-refractivity contribution >= 4 is 16.5 Å². The first kappa shape index (κ1) is 15.3. The maximum atomic E-state index is 5.33. The van der Waals surface area contributed by atoms with Crippen molar-refractivity contribution in [2.75, 3.05) is 25.1 Å². The Balaban J connectivity index is 1.69. The highest BCUT2D eigenvalue weighted by atomic mass is 32.1. The van der Waals surface area contributed by atoms with Crippen LogP contribution in [-0.4, -0.2) is 31.2 Å². The minimum Gasteiger partial charge on any atom is -0.378 e. The van der Waals surface area contributed by atoms with Crippen LogP contribution in [0.25, 0.3) is 0 Å². The van der Waals surface area contributed by atoms with Gasteiger partial charge in [0.05, 0.1) is 12.3 Å². The average molecular weight is 309 g/mol. The number of nitrogens with zero attached hydrogens (tertiary/aromatic N) is 2. The zero-order valence-electron chi connectivity index (χ0n) is 13.2. The Morgan fingerprint density at radius 2 is 2.14 bits per heavy atom. The molecule has 1 aromatic heterocycles. The second kappa shape index (κ2) is 7.07. The number of nitrogens with one attached hydrogen (secondary N) is 1. The van der Waals surface area contributed by atoms with Crippen molar-refractivity contribution < 1.29 is 4.74 Å². The van der Waals surface area contributed by atoms with Gasteiger partial charge < -0.3 is 15.0 Å². The summed E-state index contributed by atoms with van der Waals surface area (Å²) in [6, 6.07) is 0.741. The molecule has 0 amide bonds. The van der Waals surface area contributed by atoms with E-state index < -0.39 is 0 Å². The summed E-state index contributed by atoms with van der Waals surface area (Å²) in [5.74, 6) is 0.851. The summed E-state index contributed by atoms with van der Waals surface area (Å²) in [5.41, 5.74) is 1.13. The molecule has 1 aliphatic heterocycles. The van der Waals surface area contributed by atoms with Crippen LogP contribution in [0, 0.1) is 5.92 Å². The molecule has 0 spiro atoms. The third-order valence-electron chi connectivity index (χ3n) is 4.46. The summed E-state index contributed by atoms with van der Waals surface area (Å²) in [6.45, 7) is 6.25. The zero-order chi connectivity index (χ0) is 14.7. The number of ether oxygens (including phenoxy) is 1. The molecule has 1 saturated carbocycles. The van der Waals surface area contributed by atoms with E-state index in [1.807, 2.05) is 11.3 Å². The topological polar surface area (TPSA) is 37.4 Å². The fourth-order valence-electron chi connectivity index (χ4n) is 2.87. The molecule has 1 aromatic rings. The summed E-state index contributed by atoms with van der Waals surface area (Å²) < 4.78 is 5.33. The van der Waals surface area contributed by atoms with Crippen molar-refractivity contribution in [3.8, 4) is 0 Å². The lowest BCUT2D eigenvalue weighted by Crippen LogP contribution is -2.23. The van der Waals surface area contributed by atoms with E-state index in [2.05, 4.69) is 17.1 Å². The van der Waals surface area contributed by atoms with Crippen LogP contribution in [0.15, 0.2) is 0 Å². The largest absolute Gasteiger partial charge is 0.378 e. The van der Waals surface area contributed by atoms with Crippen LogP contribution in [0.4, 0.5) is 5.13 Å². The Morgan fingerprint density at radius 3 is 2.90 bits per heavy atom. The Hall–Kier alpha value is -0.650. The van der Waals surface area contributed by atoms with Crippen LogP contribution >= 0.6 is 11.3 Å². The number of aromatic nitrogens is 1. The fraction of sp³-hybridized carbons (Fsp3) is 0.812. The van der Waals surface area contributed by atoms with Crippen LogP contribution in [0.2, 0.25) is 0 Å². The molecule has 1 N–H and O–H groups in total.